The lowest BCUT2D eigenvalue weighted by atomic mass is 10.2. The van der Waals surface area contributed by atoms with E-state index in [-0.39, 0.29) is 11.9 Å². The molecule has 0 radical (unpaired) electrons. The molecule has 5 nitrogen and oxygen atoms in total. The second-order valence-electron chi connectivity index (χ2n) is 5.86. The number of carbonyl (C=O) groups is 1. The van der Waals surface area contributed by atoms with E-state index in [2.05, 4.69) is 15.5 Å². The van der Waals surface area contributed by atoms with E-state index < -0.39 is 0 Å². The van der Waals surface area contributed by atoms with E-state index in [1.807, 2.05) is 61.5 Å². The average molecular weight is 325 g/mol. The van der Waals surface area contributed by atoms with Crippen LogP contribution in [0.15, 0.2) is 54.6 Å². The van der Waals surface area contributed by atoms with Crippen LogP contribution in [0.4, 0.5) is 5.69 Å². The molecule has 126 valence electrons. The predicted octanol–water partition coefficient (Wildman–Crippen LogP) is 2.71. The Bertz CT molecular complexity index is 669. The first-order chi connectivity index (χ1) is 11.7. The summed E-state index contributed by atoms with van der Waals surface area (Å²) in [6, 6.07) is 16.9. The van der Waals surface area contributed by atoms with Gasteiger partial charge in [-0.1, -0.05) is 30.3 Å². The van der Waals surface area contributed by atoms with Gasteiger partial charge >= 0.3 is 0 Å². The van der Waals surface area contributed by atoms with E-state index in [0.717, 1.165) is 31.9 Å². The second kappa shape index (κ2) is 7.95. The zero-order valence-corrected chi connectivity index (χ0v) is 13.9. The van der Waals surface area contributed by atoms with E-state index in [0.29, 0.717) is 11.4 Å². The first-order valence-electron chi connectivity index (χ1n) is 8.31. The molecule has 2 aromatic carbocycles. The summed E-state index contributed by atoms with van der Waals surface area (Å²) < 4.78 is 5.90. The van der Waals surface area contributed by atoms with Crippen LogP contribution in [0.3, 0.4) is 0 Å². The van der Waals surface area contributed by atoms with Crippen LogP contribution < -0.4 is 15.4 Å². The van der Waals surface area contributed by atoms with Crippen molar-refractivity contribution in [3.05, 3.63) is 54.6 Å². The van der Waals surface area contributed by atoms with Crippen molar-refractivity contribution in [2.45, 2.75) is 13.0 Å². The van der Waals surface area contributed by atoms with Crippen LogP contribution in [0.25, 0.3) is 0 Å². The lowest BCUT2D eigenvalue weighted by molar-refractivity contribution is -0.121. The van der Waals surface area contributed by atoms with Crippen LogP contribution in [0.2, 0.25) is 0 Å². The zero-order chi connectivity index (χ0) is 16.8. The monoisotopic (exact) mass is 325 g/mol. The number of nitrogens with zero attached hydrogens (tertiary/aromatic N) is 1. The average Bonchev–Trinajstić information content (AvgIpc) is 2.64. The number of benzene rings is 2. The molecule has 0 bridgehead atoms. The lowest BCUT2D eigenvalue weighted by Crippen LogP contribution is -2.51. The standard InChI is InChI=1S/C19H23N3O2/c1-15(22-13-11-20-12-14-22)19(23)21-17-9-5-6-10-18(17)24-16-7-3-2-4-8-16/h2-10,15,20H,11-14H2,1H3,(H,21,23). The Morgan fingerprint density at radius 3 is 2.50 bits per heavy atom. The van der Waals surface area contributed by atoms with Gasteiger partial charge in [0.05, 0.1) is 11.7 Å². The molecule has 24 heavy (non-hydrogen) atoms. The summed E-state index contributed by atoms with van der Waals surface area (Å²) in [4.78, 5) is 14.8. The zero-order valence-electron chi connectivity index (χ0n) is 13.9. The van der Waals surface area contributed by atoms with Gasteiger partial charge in [0.1, 0.15) is 5.75 Å². The van der Waals surface area contributed by atoms with Gasteiger partial charge in [-0.05, 0) is 31.2 Å². The maximum atomic E-state index is 12.6. The van der Waals surface area contributed by atoms with Crippen molar-refractivity contribution >= 4 is 11.6 Å². The summed E-state index contributed by atoms with van der Waals surface area (Å²) in [7, 11) is 0. The minimum absolute atomic E-state index is 0.0130. The highest BCUT2D eigenvalue weighted by Crippen LogP contribution is 2.29. The molecule has 0 aromatic heterocycles. The predicted molar refractivity (Wildman–Crippen MR) is 95.5 cm³/mol. The Kier molecular flexibility index (Phi) is 5.46. The lowest BCUT2D eigenvalue weighted by Gasteiger charge is -2.31. The number of hydrogen-bond acceptors (Lipinski definition) is 4. The summed E-state index contributed by atoms with van der Waals surface area (Å²) in [6.07, 6.45) is 0. The first-order valence-corrected chi connectivity index (χ1v) is 8.31. The van der Waals surface area contributed by atoms with Crippen LogP contribution in [-0.2, 0) is 4.79 Å². The van der Waals surface area contributed by atoms with E-state index in [1.165, 1.54) is 0 Å². The van der Waals surface area contributed by atoms with Gasteiger partial charge in [-0.3, -0.25) is 9.69 Å². The molecule has 3 rings (SSSR count). The number of piperazine rings is 1. The van der Waals surface area contributed by atoms with Crippen LogP contribution >= 0.6 is 0 Å². The number of hydrogen-bond donors (Lipinski definition) is 2. The maximum Gasteiger partial charge on any atom is 0.241 e. The number of carbonyl (C=O) groups excluding carboxylic acids is 1. The molecule has 5 heteroatoms. The summed E-state index contributed by atoms with van der Waals surface area (Å²) in [6.45, 7) is 5.56. The minimum Gasteiger partial charge on any atom is -0.455 e. The third-order valence-electron chi connectivity index (χ3n) is 4.19. The number of nitrogens with one attached hydrogen (secondary N) is 2. The van der Waals surface area contributed by atoms with Gasteiger partial charge in [0.2, 0.25) is 5.91 Å². The van der Waals surface area contributed by atoms with E-state index in [4.69, 9.17) is 4.74 Å². The molecular weight excluding hydrogens is 302 g/mol. The number of rotatable bonds is 5. The molecular formula is C19H23N3O2. The van der Waals surface area contributed by atoms with Crippen LogP contribution in [0, 0.1) is 0 Å². The molecule has 1 aliphatic heterocycles. The first kappa shape index (κ1) is 16.5. The molecule has 1 saturated heterocycles. The Hall–Kier alpha value is -2.37. The van der Waals surface area contributed by atoms with Crippen molar-refractivity contribution in [1.29, 1.82) is 0 Å². The van der Waals surface area contributed by atoms with Gasteiger partial charge in [0.15, 0.2) is 5.75 Å². The van der Waals surface area contributed by atoms with Crippen molar-refractivity contribution in [1.82, 2.24) is 10.2 Å². The van der Waals surface area contributed by atoms with E-state index >= 15 is 0 Å². The number of anilines is 1. The number of ether oxygens (including phenoxy) is 1. The Morgan fingerprint density at radius 2 is 1.75 bits per heavy atom. The molecule has 0 aliphatic carbocycles. The summed E-state index contributed by atoms with van der Waals surface area (Å²) in [5.41, 5.74) is 0.688. The normalized spacial score (nSPS) is 16.4. The van der Waals surface area contributed by atoms with Crippen LogP contribution in [-0.4, -0.2) is 43.0 Å². The molecule has 1 unspecified atom stereocenters. The van der Waals surface area contributed by atoms with Gasteiger partial charge in [-0.2, -0.15) is 0 Å². The molecule has 0 spiro atoms. The highest BCUT2D eigenvalue weighted by atomic mass is 16.5. The fraction of sp³-hybridized carbons (Fsp3) is 0.316. The molecule has 2 aromatic rings. The van der Waals surface area contributed by atoms with Crippen molar-refractivity contribution in [3.63, 3.8) is 0 Å². The van der Waals surface area contributed by atoms with Gasteiger partial charge in [-0.15, -0.1) is 0 Å². The largest absolute Gasteiger partial charge is 0.455 e. The summed E-state index contributed by atoms with van der Waals surface area (Å²) >= 11 is 0. The molecule has 1 atom stereocenters. The van der Waals surface area contributed by atoms with Gasteiger partial charge in [-0.25, -0.2) is 0 Å². The highest BCUT2D eigenvalue weighted by molar-refractivity contribution is 5.95. The number of amides is 1. The smallest absolute Gasteiger partial charge is 0.241 e. The molecule has 1 fully saturated rings. The van der Waals surface area contributed by atoms with Crippen LogP contribution in [0.1, 0.15) is 6.92 Å². The van der Waals surface area contributed by atoms with Crippen molar-refractivity contribution in [2.24, 2.45) is 0 Å². The van der Waals surface area contributed by atoms with Crippen molar-refractivity contribution in [2.75, 3.05) is 31.5 Å². The Morgan fingerprint density at radius 1 is 1.08 bits per heavy atom. The van der Waals surface area contributed by atoms with Crippen LogP contribution in [0.5, 0.6) is 11.5 Å². The third kappa shape index (κ3) is 4.13. The Balaban J connectivity index is 1.69. The van der Waals surface area contributed by atoms with Crippen molar-refractivity contribution < 1.29 is 9.53 Å². The Labute approximate surface area is 142 Å². The SMILES string of the molecule is CC(C(=O)Nc1ccccc1Oc1ccccc1)N1CCNCC1. The quantitative estimate of drug-likeness (QED) is 0.887. The second-order valence-corrected chi connectivity index (χ2v) is 5.86. The summed E-state index contributed by atoms with van der Waals surface area (Å²) in [5, 5.41) is 6.30. The maximum absolute atomic E-state index is 12.6. The van der Waals surface area contributed by atoms with Crippen molar-refractivity contribution in [3.8, 4) is 11.5 Å². The molecule has 2 N–H and O–H groups in total. The fourth-order valence-electron chi connectivity index (χ4n) is 2.75. The molecule has 0 saturated carbocycles. The number of para-hydroxylation sites is 3. The fourth-order valence-corrected chi connectivity index (χ4v) is 2.75. The van der Waals surface area contributed by atoms with Gasteiger partial charge in [0, 0.05) is 26.2 Å². The van der Waals surface area contributed by atoms with Gasteiger partial charge in [0.25, 0.3) is 0 Å². The highest BCUT2D eigenvalue weighted by Gasteiger charge is 2.23. The topological polar surface area (TPSA) is 53.6 Å². The molecule has 1 heterocycles. The van der Waals surface area contributed by atoms with E-state index in [1.54, 1.807) is 0 Å². The van der Waals surface area contributed by atoms with Gasteiger partial charge < -0.3 is 15.4 Å². The third-order valence-corrected chi connectivity index (χ3v) is 4.19. The minimum atomic E-state index is -0.170. The molecule has 1 aliphatic rings. The van der Waals surface area contributed by atoms with E-state index in [9.17, 15) is 4.79 Å². The summed E-state index contributed by atoms with van der Waals surface area (Å²) in [5.74, 6) is 1.37. The molecule has 1 amide bonds.